The second-order valence-corrected chi connectivity index (χ2v) is 8.25. The number of ether oxygens (including phenoxy) is 1. The number of carbonyl (C=O) groups excluding carboxylic acids is 1. The molecule has 0 radical (unpaired) electrons. The molecule has 6 rings (SSSR count). The zero-order valence-corrected chi connectivity index (χ0v) is 17.3. The third-order valence-corrected chi connectivity index (χ3v) is 6.37. The maximum absolute atomic E-state index is 14.4. The number of phenolic OH excluding ortho intramolecular Hbond substituents is 2. The van der Waals surface area contributed by atoms with Crippen molar-refractivity contribution < 1.29 is 24.1 Å². The molecule has 0 aromatic heterocycles. The minimum atomic E-state index is -1.32. The van der Waals surface area contributed by atoms with Gasteiger partial charge >= 0.3 is 0 Å². The van der Waals surface area contributed by atoms with E-state index in [0.717, 1.165) is 11.1 Å². The molecule has 4 aromatic rings. The summed E-state index contributed by atoms with van der Waals surface area (Å²) in [6, 6.07) is 22.9. The average molecular weight is 439 g/mol. The molecular weight excluding hydrogens is 421 g/mol. The van der Waals surface area contributed by atoms with Gasteiger partial charge in [-0.3, -0.25) is 4.79 Å². The van der Waals surface area contributed by atoms with Crippen LogP contribution >= 0.6 is 0 Å². The number of aromatic hydroxyl groups is 2. The molecule has 4 aromatic carbocycles. The molecule has 0 aliphatic carbocycles. The van der Waals surface area contributed by atoms with E-state index in [-0.39, 0.29) is 29.8 Å². The SMILES string of the molecule is O=C1N(Cc2ccc(F)cc2)c2ccccc2C12c1cc(O)ccc1Oc1ccc(O)cc12. The molecule has 1 spiro atoms. The first-order valence-electron chi connectivity index (χ1n) is 10.5. The van der Waals surface area contributed by atoms with Crippen LogP contribution in [0.25, 0.3) is 0 Å². The fraction of sp³-hybridized carbons (Fsp3) is 0.0741. The first-order chi connectivity index (χ1) is 16.0. The molecular formula is C27H18FNO4. The van der Waals surface area contributed by atoms with Gasteiger partial charge in [-0.1, -0.05) is 30.3 Å². The summed E-state index contributed by atoms with van der Waals surface area (Å²) in [5.41, 5.74) is 1.88. The van der Waals surface area contributed by atoms with Crippen LogP contribution in [-0.2, 0) is 16.8 Å². The molecule has 5 nitrogen and oxygen atoms in total. The Kier molecular flexibility index (Phi) is 4.01. The van der Waals surface area contributed by atoms with Crippen LogP contribution in [0.15, 0.2) is 84.9 Å². The van der Waals surface area contributed by atoms with Crippen LogP contribution in [0, 0.1) is 5.82 Å². The molecule has 0 atom stereocenters. The van der Waals surface area contributed by atoms with Crippen molar-refractivity contribution in [3.8, 4) is 23.0 Å². The van der Waals surface area contributed by atoms with E-state index >= 15 is 0 Å². The number of hydrogen-bond donors (Lipinski definition) is 2. The van der Waals surface area contributed by atoms with Crippen molar-refractivity contribution >= 4 is 11.6 Å². The number of benzene rings is 4. The lowest BCUT2D eigenvalue weighted by Crippen LogP contribution is -2.43. The summed E-state index contributed by atoms with van der Waals surface area (Å²) >= 11 is 0. The minimum Gasteiger partial charge on any atom is -0.508 e. The van der Waals surface area contributed by atoms with Gasteiger partial charge in [0.1, 0.15) is 34.2 Å². The van der Waals surface area contributed by atoms with Crippen LogP contribution in [0.3, 0.4) is 0 Å². The monoisotopic (exact) mass is 439 g/mol. The maximum atomic E-state index is 14.4. The summed E-state index contributed by atoms with van der Waals surface area (Å²) in [6.07, 6.45) is 0. The average Bonchev–Trinajstić information content (AvgIpc) is 3.05. The van der Waals surface area contributed by atoms with Gasteiger partial charge in [-0.25, -0.2) is 4.39 Å². The van der Waals surface area contributed by atoms with Crippen LogP contribution in [0.1, 0.15) is 22.3 Å². The van der Waals surface area contributed by atoms with E-state index in [2.05, 4.69) is 0 Å². The highest BCUT2D eigenvalue weighted by Gasteiger charge is 2.57. The highest BCUT2D eigenvalue weighted by molar-refractivity contribution is 6.14. The third-order valence-electron chi connectivity index (χ3n) is 6.37. The summed E-state index contributed by atoms with van der Waals surface area (Å²) in [7, 11) is 0. The van der Waals surface area contributed by atoms with Crippen LogP contribution in [0.4, 0.5) is 10.1 Å². The number of carbonyl (C=O) groups is 1. The Labute approximate surface area is 188 Å². The van der Waals surface area contributed by atoms with Gasteiger partial charge in [0.25, 0.3) is 0 Å². The number of rotatable bonds is 2. The smallest absolute Gasteiger partial charge is 0.247 e. The molecule has 0 saturated heterocycles. The molecule has 2 N–H and O–H groups in total. The van der Waals surface area contributed by atoms with Crippen molar-refractivity contribution in [2.45, 2.75) is 12.0 Å². The van der Waals surface area contributed by atoms with Crippen LogP contribution in [-0.4, -0.2) is 16.1 Å². The summed E-state index contributed by atoms with van der Waals surface area (Å²) < 4.78 is 19.5. The largest absolute Gasteiger partial charge is 0.508 e. The van der Waals surface area contributed by atoms with E-state index in [1.807, 2.05) is 24.3 Å². The van der Waals surface area contributed by atoms with Gasteiger partial charge in [0, 0.05) is 22.4 Å². The van der Waals surface area contributed by atoms with Crippen molar-refractivity contribution in [3.05, 3.63) is 113 Å². The van der Waals surface area contributed by atoms with Gasteiger partial charge in [-0.15, -0.1) is 0 Å². The van der Waals surface area contributed by atoms with Crippen LogP contribution < -0.4 is 9.64 Å². The van der Waals surface area contributed by atoms with Gasteiger partial charge in [-0.05, 0) is 60.2 Å². The molecule has 0 unspecified atom stereocenters. The van der Waals surface area contributed by atoms with Crippen molar-refractivity contribution in [2.24, 2.45) is 0 Å². The normalized spacial score (nSPS) is 15.1. The summed E-state index contributed by atoms with van der Waals surface area (Å²) in [5.74, 6) is 0.331. The zero-order chi connectivity index (χ0) is 22.7. The maximum Gasteiger partial charge on any atom is 0.247 e. The molecule has 33 heavy (non-hydrogen) atoms. The fourth-order valence-corrected chi connectivity index (χ4v) is 4.97. The molecule has 2 aliphatic heterocycles. The fourth-order valence-electron chi connectivity index (χ4n) is 4.97. The lowest BCUT2D eigenvalue weighted by Gasteiger charge is -2.36. The number of hydrogen-bond acceptors (Lipinski definition) is 4. The minimum absolute atomic E-state index is 0.00240. The lowest BCUT2D eigenvalue weighted by atomic mass is 9.68. The zero-order valence-electron chi connectivity index (χ0n) is 17.3. The highest BCUT2D eigenvalue weighted by atomic mass is 19.1. The Morgan fingerprint density at radius 3 is 2.03 bits per heavy atom. The Balaban J connectivity index is 1.64. The van der Waals surface area contributed by atoms with E-state index in [0.29, 0.717) is 28.3 Å². The van der Waals surface area contributed by atoms with Crippen molar-refractivity contribution in [2.75, 3.05) is 4.90 Å². The van der Waals surface area contributed by atoms with Gasteiger partial charge in [-0.2, -0.15) is 0 Å². The van der Waals surface area contributed by atoms with Gasteiger partial charge < -0.3 is 19.8 Å². The molecule has 0 saturated carbocycles. The third kappa shape index (κ3) is 2.67. The van der Waals surface area contributed by atoms with Gasteiger partial charge in [0.15, 0.2) is 0 Å². The molecule has 2 heterocycles. The van der Waals surface area contributed by atoms with Crippen molar-refractivity contribution in [1.82, 2.24) is 0 Å². The Morgan fingerprint density at radius 1 is 0.788 bits per heavy atom. The standard InChI is InChI=1S/C27H18FNO4/c28-17-7-5-16(6-8-17)15-29-23-4-2-1-3-20(23)27(26(29)32)21-13-18(30)9-11-24(21)33-25-12-10-19(31)14-22(25)27/h1-14,30-31H,15H2. The van der Waals surface area contributed by atoms with Gasteiger partial charge in [0.05, 0.1) is 6.54 Å². The first-order valence-corrected chi connectivity index (χ1v) is 10.5. The molecule has 0 bridgehead atoms. The van der Waals surface area contributed by atoms with Crippen molar-refractivity contribution in [1.29, 1.82) is 0 Å². The number of fused-ring (bicyclic) bond motifs is 6. The quantitative estimate of drug-likeness (QED) is 0.449. The number of para-hydroxylation sites is 1. The van der Waals surface area contributed by atoms with E-state index in [4.69, 9.17) is 4.74 Å². The van der Waals surface area contributed by atoms with E-state index in [1.165, 1.54) is 24.3 Å². The van der Waals surface area contributed by atoms with Crippen LogP contribution in [0.5, 0.6) is 23.0 Å². The number of nitrogens with zero attached hydrogens (tertiary/aromatic N) is 1. The predicted octanol–water partition coefficient (Wildman–Crippen LogP) is 5.22. The van der Waals surface area contributed by atoms with Crippen LogP contribution in [0.2, 0.25) is 0 Å². The van der Waals surface area contributed by atoms with Gasteiger partial charge in [0.2, 0.25) is 5.91 Å². The molecule has 0 fully saturated rings. The Hall–Kier alpha value is -4.32. The number of phenols is 2. The Bertz CT molecular complexity index is 1380. The molecule has 162 valence electrons. The first kappa shape index (κ1) is 19.4. The highest BCUT2D eigenvalue weighted by Crippen LogP contribution is 2.59. The van der Waals surface area contributed by atoms with Crippen molar-refractivity contribution in [3.63, 3.8) is 0 Å². The second kappa shape index (κ2) is 6.84. The molecule has 2 aliphatic rings. The predicted molar refractivity (Wildman–Crippen MR) is 120 cm³/mol. The number of halogens is 1. The van der Waals surface area contributed by atoms with E-state index < -0.39 is 5.41 Å². The number of anilines is 1. The van der Waals surface area contributed by atoms with E-state index in [9.17, 15) is 19.4 Å². The molecule has 1 amide bonds. The topological polar surface area (TPSA) is 70.0 Å². The Morgan fingerprint density at radius 2 is 1.39 bits per heavy atom. The van der Waals surface area contributed by atoms with E-state index in [1.54, 1.807) is 41.3 Å². The summed E-state index contributed by atoms with van der Waals surface area (Å²) in [4.78, 5) is 16.1. The second-order valence-electron chi connectivity index (χ2n) is 8.25. The summed E-state index contributed by atoms with van der Waals surface area (Å²) in [5, 5.41) is 20.7. The summed E-state index contributed by atoms with van der Waals surface area (Å²) in [6.45, 7) is 0.237. The number of amides is 1. The lowest BCUT2D eigenvalue weighted by molar-refractivity contribution is -0.121. The molecule has 6 heteroatoms.